The molecule has 0 saturated carbocycles. The Kier molecular flexibility index (Phi) is 4.64. The first-order valence-corrected chi connectivity index (χ1v) is 7.99. The summed E-state index contributed by atoms with van der Waals surface area (Å²) in [5.41, 5.74) is 2.42. The van der Waals surface area contributed by atoms with Crippen molar-refractivity contribution in [1.29, 1.82) is 0 Å². The second-order valence-corrected chi connectivity index (χ2v) is 7.32. The predicted octanol–water partition coefficient (Wildman–Crippen LogP) is 3.75. The highest BCUT2D eigenvalue weighted by molar-refractivity contribution is 5.49. The van der Waals surface area contributed by atoms with Crippen LogP contribution in [-0.2, 0) is 4.74 Å². The van der Waals surface area contributed by atoms with E-state index >= 15 is 0 Å². The minimum absolute atomic E-state index is 0.114. The average molecular weight is 290 g/mol. The quantitative estimate of drug-likeness (QED) is 0.914. The highest BCUT2D eigenvalue weighted by Crippen LogP contribution is 2.32. The van der Waals surface area contributed by atoms with Crippen molar-refractivity contribution in [2.45, 2.75) is 58.3 Å². The van der Waals surface area contributed by atoms with Crippen molar-refractivity contribution >= 4 is 5.69 Å². The molecule has 1 aliphatic heterocycles. The number of hydrogen-bond donors (Lipinski definition) is 1. The number of hydrogen-bond acceptors (Lipinski definition) is 3. The van der Waals surface area contributed by atoms with Gasteiger partial charge in [-0.05, 0) is 58.9 Å². The minimum atomic E-state index is -0.114. The van der Waals surface area contributed by atoms with Crippen molar-refractivity contribution in [3.63, 3.8) is 0 Å². The van der Waals surface area contributed by atoms with Gasteiger partial charge in [-0.25, -0.2) is 0 Å². The Labute approximate surface area is 129 Å². The van der Waals surface area contributed by atoms with Crippen LogP contribution in [0.1, 0.15) is 52.6 Å². The number of benzene rings is 1. The zero-order valence-electron chi connectivity index (χ0n) is 14.4. The molecule has 1 heterocycles. The van der Waals surface area contributed by atoms with Crippen molar-refractivity contribution in [3.8, 4) is 0 Å². The zero-order chi connectivity index (χ0) is 15.7. The van der Waals surface area contributed by atoms with Crippen molar-refractivity contribution in [2.24, 2.45) is 0 Å². The first-order valence-electron chi connectivity index (χ1n) is 7.99. The molecule has 1 unspecified atom stereocenters. The van der Waals surface area contributed by atoms with Gasteiger partial charge in [0.05, 0.1) is 11.2 Å². The third kappa shape index (κ3) is 3.98. The molecule has 1 aromatic rings. The van der Waals surface area contributed by atoms with E-state index in [2.05, 4.69) is 69.1 Å². The molecule has 0 radical (unpaired) electrons. The molecule has 1 N–H and O–H groups in total. The highest BCUT2D eigenvalue weighted by atomic mass is 16.5. The first-order chi connectivity index (χ1) is 9.76. The lowest BCUT2D eigenvalue weighted by atomic mass is 9.97. The van der Waals surface area contributed by atoms with Crippen LogP contribution in [-0.4, -0.2) is 31.3 Å². The maximum atomic E-state index is 6.16. The van der Waals surface area contributed by atoms with Gasteiger partial charge < -0.3 is 15.0 Å². The van der Waals surface area contributed by atoms with Crippen LogP contribution in [0.25, 0.3) is 0 Å². The maximum Gasteiger partial charge on any atom is 0.0808 e. The van der Waals surface area contributed by atoms with E-state index in [0.717, 1.165) is 19.5 Å². The van der Waals surface area contributed by atoms with Gasteiger partial charge in [-0.3, -0.25) is 0 Å². The van der Waals surface area contributed by atoms with Gasteiger partial charge in [0, 0.05) is 24.8 Å². The van der Waals surface area contributed by atoms with Gasteiger partial charge in [-0.2, -0.15) is 0 Å². The molecular weight excluding hydrogens is 260 g/mol. The largest absolute Gasteiger partial charge is 0.366 e. The van der Waals surface area contributed by atoms with Crippen LogP contribution in [0.4, 0.5) is 5.69 Å². The maximum absolute atomic E-state index is 6.16. The van der Waals surface area contributed by atoms with Gasteiger partial charge >= 0.3 is 0 Å². The average Bonchev–Trinajstić information content (AvgIpc) is 2.37. The topological polar surface area (TPSA) is 24.5 Å². The number of rotatable bonds is 4. The summed E-state index contributed by atoms with van der Waals surface area (Å²) >= 11 is 0. The molecule has 1 aromatic carbocycles. The van der Waals surface area contributed by atoms with Crippen molar-refractivity contribution < 1.29 is 4.74 Å². The summed E-state index contributed by atoms with van der Waals surface area (Å²) in [6.07, 6.45) is 1.10. The Morgan fingerprint density at radius 3 is 2.05 bits per heavy atom. The fourth-order valence-corrected chi connectivity index (χ4v) is 3.49. The second-order valence-electron chi connectivity index (χ2n) is 7.32. The Bertz CT molecular complexity index is 445. The molecule has 0 aromatic heterocycles. The van der Waals surface area contributed by atoms with Gasteiger partial charge in [0.25, 0.3) is 0 Å². The smallest absolute Gasteiger partial charge is 0.0808 e. The molecule has 3 nitrogen and oxygen atoms in total. The summed E-state index contributed by atoms with van der Waals surface area (Å²) in [6.45, 7) is 12.7. The monoisotopic (exact) mass is 290 g/mol. The van der Waals surface area contributed by atoms with E-state index in [-0.39, 0.29) is 11.2 Å². The molecule has 1 atom stereocenters. The SMILES string of the molecule is CCC(NC)c1ccc(N2CC(C)(C)OC(C)(C)C2)cc1. The summed E-state index contributed by atoms with van der Waals surface area (Å²) in [5.74, 6) is 0. The van der Waals surface area contributed by atoms with Crippen LogP contribution in [0.2, 0.25) is 0 Å². The Morgan fingerprint density at radius 1 is 1.10 bits per heavy atom. The Balaban J connectivity index is 2.18. The number of ether oxygens (including phenoxy) is 1. The van der Waals surface area contributed by atoms with Crippen LogP contribution >= 0.6 is 0 Å². The van der Waals surface area contributed by atoms with Crippen LogP contribution in [0.15, 0.2) is 24.3 Å². The first kappa shape index (κ1) is 16.3. The van der Waals surface area contributed by atoms with Gasteiger partial charge in [-0.1, -0.05) is 19.1 Å². The van der Waals surface area contributed by atoms with Crippen molar-refractivity contribution in [1.82, 2.24) is 5.32 Å². The lowest BCUT2D eigenvalue weighted by Crippen LogP contribution is -2.57. The summed E-state index contributed by atoms with van der Waals surface area (Å²) in [5, 5.41) is 3.36. The molecule has 1 aliphatic rings. The summed E-state index contributed by atoms with van der Waals surface area (Å²) in [6, 6.07) is 9.42. The molecule has 1 fully saturated rings. The van der Waals surface area contributed by atoms with Crippen LogP contribution in [0.5, 0.6) is 0 Å². The molecule has 0 amide bonds. The molecule has 0 bridgehead atoms. The summed E-state index contributed by atoms with van der Waals surface area (Å²) in [4.78, 5) is 2.44. The summed E-state index contributed by atoms with van der Waals surface area (Å²) in [7, 11) is 2.02. The highest BCUT2D eigenvalue weighted by Gasteiger charge is 2.38. The van der Waals surface area contributed by atoms with E-state index in [1.54, 1.807) is 0 Å². The molecule has 118 valence electrons. The number of nitrogens with one attached hydrogen (secondary N) is 1. The van der Waals surface area contributed by atoms with E-state index in [1.165, 1.54) is 11.3 Å². The molecular formula is C18H30N2O. The minimum Gasteiger partial charge on any atom is -0.366 e. The van der Waals surface area contributed by atoms with E-state index in [1.807, 2.05) is 7.05 Å². The number of morpholine rings is 1. The van der Waals surface area contributed by atoms with Crippen molar-refractivity contribution in [2.75, 3.05) is 25.0 Å². The fourth-order valence-electron chi connectivity index (χ4n) is 3.49. The number of nitrogens with zero attached hydrogens (tertiary/aromatic N) is 1. The molecule has 1 saturated heterocycles. The van der Waals surface area contributed by atoms with Crippen molar-refractivity contribution in [3.05, 3.63) is 29.8 Å². The van der Waals surface area contributed by atoms with Gasteiger partial charge in [0.15, 0.2) is 0 Å². The van der Waals surface area contributed by atoms with Gasteiger partial charge in [-0.15, -0.1) is 0 Å². The van der Waals surface area contributed by atoms with Crippen LogP contribution in [0.3, 0.4) is 0 Å². The molecule has 0 aliphatic carbocycles. The summed E-state index contributed by atoms with van der Waals surface area (Å²) < 4.78 is 6.16. The normalized spacial score (nSPS) is 22.1. The van der Waals surface area contributed by atoms with E-state index in [0.29, 0.717) is 6.04 Å². The predicted molar refractivity (Wildman–Crippen MR) is 90.0 cm³/mol. The number of anilines is 1. The van der Waals surface area contributed by atoms with E-state index in [4.69, 9.17) is 4.74 Å². The van der Waals surface area contributed by atoms with Gasteiger partial charge in [0.1, 0.15) is 0 Å². The van der Waals surface area contributed by atoms with E-state index in [9.17, 15) is 0 Å². The fraction of sp³-hybridized carbons (Fsp3) is 0.667. The lowest BCUT2D eigenvalue weighted by molar-refractivity contribution is -0.133. The second kappa shape index (κ2) is 5.98. The Hall–Kier alpha value is -1.06. The van der Waals surface area contributed by atoms with Crippen LogP contribution in [0, 0.1) is 0 Å². The molecule has 0 spiro atoms. The molecule has 21 heavy (non-hydrogen) atoms. The van der Waals surface area contributed by atoms with Crippen LogP contribution < -0.4 is 10.2 Å². The third-order valence-electron chi connectivity index (χ3n) is 4.11. The Morgan fingerprint density at radius 2 is 1.62 bits per heavy atom. The standard InChI is InChI=1S/C18H30N2O/c1-7-16(19-6)14-8-10-15(11-9-14)20-12-17(2,3)21-18(4,5)13-20/h8-11,16,19H,7,12-13H2,1-6H3. The molecule has 3 heteroatoms. The lowest BCUT2D eigenvalue weighted by Gasteiger charge is -2.48. The van der Waals surface area contributed by atoms with Gasteiger partial charge in [0.2, 0.25) is 0 Å². The zero-order valence-corrected chi connectivity index (χ0v) is 14.4. The van der Waals surface area contributed by atoms with E-state index < -0.39 is 0 Å². The third-order valence-corrected chi connectivity index (χ3v) is 4.11. The molecule has 2 rings (SSSR count).